The molecule has 5 nitrogen and oxygen atoms in total. The Balaban J connectivity index is 3.03. The number of rotatable bonds is 5. The topological polar surface area (TPSA) is 80.4 Å². The first-order valence-electron chi connectivity index (χ1n) is 4.83. The van der Waals surface area contributed by atoms with Crippen LogP contribution in [0.25, 0.3) is 0 Å². The van der Waals surface area contributed by atoms with Crippen LogP contribution in [0.15, 0.2) is 17.0 Å². The zero-order valence-corrected chi connectivity index (χ0v) is 11.6. The summed E-state index contributed by atoms with van der Waals surface area (Å²) in [6.07, 6.45) is -0.0952. The third kappa shape index (κ3) is 4.04. The molecule has 1 aromatic carbocycles. The summed E-state index contributed by atoms with van der Waals surface area (Å²) in [6, 6.07) is 2.55. The van der Waals surface area contributed by atoms with Crippen molar-refractivity contribution in [3.05, 3.63) is 32.3 Å². The third-order valence-corrected chi connectivity index (χ3v) is 3.86. The van der Waals surface area contributed by atoms with Crippen molar-refractivity contribution in [2.45, 2.75) is 23.5 Å². The number of carbonyl (C=O) groups is 1. The van der Waals surface area contributed by atoms with Crippen molar-refractivity contribution in [1.29, 1.82) is 0 Å². The van der Waals surface area contributed by atoms with Crippen molar-refractivity contribution in [2.24, 2.45) is 0 Å². The Kier molecular flexibility index (Phi) is 5.25. The minimum Gasteiger partial charge on any atom is -0.481 e. The van der Waals surface area contributed by atoms with Gasteiger partial charge in [-0.3, -0.25) is 14.9 Å². The molecule has 0 aliphatic heterocycles. The minimum absolute atomic E-state index is 0.0952. The lowest BCUT2D eigenvalue weighted by molar-refractivity contribution is -0.387. The second kappa shape index (κ2) is 6.26. The Morgan fingerprint density at radius 1 is 1.50 bits per heavy atom. The van der Waals surface area contributed by atoms with Crippen LogP contribution in [0.4, 0.5) is 5.69 Å². The van der Waals surface area contributed by atoms with Gasteiger partial charge in [-0.05, 0) is 6.07 Å². The molecule has 1 rings (SSSR count). The van der Waals surface area contributed by atoms with E-state index in [1.807, 2.05) is 0 Å². The van der Waals surface area contributed by atoms with Crippen molar-refractivity contribution in [3.8, 4) is 0 Å². The average Bonchev–Trinajstić information content (AvgIpc) is 2.21. The molecule has 0 aliphatic carbocycles. The molecular weight excluding hydrogens is 301 g/mol. The highest BCUT2D eigenvalue weighted by Crippen LogP contribution is 2.38. The molecule has 1 N–H and O–H groups in total. The summed E-state index contributed by atoms with van der Waals surface area (Å²) in [5, 5.41) is 19.5. The highest BCUT2D eigenvalue weighted by atomic mass is 35.5. The number of carboxylic acids is 1. The van der Waals surface area contributed by atoms with E-state index >= 15 is 0 Å². The first kappa shape index (κ1) is 15.1. The van der Waals surface area contributed by atoms with Gasteiger partial charge in [-0.15, -0.1) is 11.8 Å². The van der Waals surface area contributed by atoms with E-state index in [1.165, 1.54) is 12.1 Å². The molecule has 0 aromatic heterocycles. The number of aliphatic carboxylic acids is 1. The fourth-order valence-electron chi connectivity index (χ4n) is 1.26. The van der Waals surface area contributed by atoms with E-state index in [0.717, 1.165) is 11.8 Å². The standard InChI is InChI=1S/C10H9Cl2NO4S/c1-5(2-10(14)15)18-9-4-7(12)6(11)3-8(9)13(16)17/h3-5H,2H2,1H3,(H,14,15). The quantitative estimate of drug-likeness (QED) is 0.507. The largest absolute Gasteiger partial charge is 0.481 e. The zero-order valence-electron chi connectivity index (χ0n) is 9.22. The molecule has 0 amide bonds. The number of carboxylic acid groups (broad SMARTS) is 1. The van der Waals surface area contributed by atoms with Gasteiger partial charge in [0.05, 0.1) is 26.3 Å². The number of hydrogen-bond donors (Lipinski definition) is 1. The fourth-order valence-corrected chi connectivity index (χ4v) is 2.75. The van der Waals surface area contributed by atoms with E-state index in [9.17, 15) is 14.9 Å². The molecule has 8 heteroatoms. The Morgan fingerprint density at radius 3 is 2.56 bits per heavy atom. The summed E-state index contributed by atoms with van der Waals surface area (Å²) in [6.45, 7) is 1.67. The normalized spacial score (nSPS) is 12.2. The van der Waals surface area contributed by atoms with E-state index in [1.54, 1.807) is 6.92 Å². The summed E-state index contributed by atoms with van der Waals surface area (Å²) in [4.78, 5) is 21.1. The minimum atomic E-state index is -0.960. The smallest absolute Gasteiger partial charge is 0.304 e. The van der Waals surface area contributed by atoms with Crippen LogP contribution in [0.1, 0.15) is 13.3 Å². The number of halogens is 2. The molecule has 1 atom stereocenters. The molecule has 1 unspecified atom stereocenters. The Morgan fingerprint density at radius 2 is 2.06 bits per heavy atom. The van der Waals surface area contributed by atoms with E-state index < -0.39 is 10.9 Å². The first-order valence-corrected chi connectivity index (χ1v) is 6.46. The third-order valence-electron chi connectivity index (χ3n) is 1.99. The van der Waals surface area contributed by atoms with Crippen LogP contribution in [0.5, 0.6) is 0 Å². The summed E-state index contributed by atoms with van der Waals surface area (Å²) < 4.78 is 0. The van der Waals surface area contributed by atoms with Gasteiger partial charge in [0.15, 0.2) is 0 Å². The number of benzene rings is 1. The lowest BCUT2D eigenvalue weighted by Gasteiger charge is -2.09. The van der Waals surface area contributed by atoms with Gasteiger partial charge in [-0.1, -0.05) is 30.1 Å². The van der Waals surface area contributed by atoms with E-state index in [2.05, 4.69) is 0 Å². The van der Waals surface area contributed by atoms with E-state index in [4.69, 9.17) is 28.3 Å². The van der Waals surface area contributed by atoms with Crippen LogP contribution < -0.4 is 0 Å². The average molecular weight is 310 g/mol. The van der Waals surface area contributed by atoms with Crippen LogP contribution in [-0.4, -0.2) is 21.2 Å². The van der Waals surface area contributed by atoms with Gasteiger partial charge in [0.1, 0.15) is 0 Å². The van der Waals surface area contributed by atoms with Gasteiger partial charge in [-0.25, -0.2) is 0 Å². The molecule has 0 aliphatic rings. The van der Waals surface area contributed by atoms with E-state index in [0.29, 0.717) is 4.90 Å². The number of hydrogen-bond acceptors (Lipinski definition) is 4. The monoisotopic (exact) mass is 309 g/mol. The molecule has 0 fully saturated rings. The number of nitro groups is 1. The van der Waals surface area contributed by atoms with Crippen LogP contribution in [0.2, 0.25) is 10.0 Å². The molecule has 0 bridgehead atoms. The maximum absolute atomic E-state index is 10.9. The molecule has 0 saturated heterocycles. The molecular formula is C10H9Cl2NO4S. The van der Waals surface area contributed by atoms with Crippen LogP contribution >= 0.6 is 35.0 Å². The predicted molar refractivity (Wildman–Crippen MR) is 70.7 cm³/mol. The van der Waals surface area contributed by atoms with E-state index in [-0.39, 0.29) is 27.4 Å². The summed E-state index contributed by atoms with van der Waals surface area (Å²) in [5.74, 6) is -0.960. The van der Waals surface area contributed by atoms with Crippen LogP contribution in [-0.2, 0) is 4.79 Å². The van der Waals surface area contributed by atoms with Crippen LogP contribution in [0.3, 0.4) is 0 Å². The van der Waals surface area contributed by atoms with Crippen molar-refractivity contribution in [1.82, 2.24) is 0 Å². The fraction of sp³-hybridized carbons (Fsp3) is 0.300. The second-order valence-electron chi connectivity index (χ2n) is 3.52. The SMILES string of the molecule is CC(CC(=O)O)Sc1cc(Cl)c(Cl)cc1[N+](=O)[O-]. The lowest BCUT2D eigenvalue weighted by Crippen LogP contribution is -2.06. The van der Waals surface area contributed by atoms with Crippen molar-refractivity contribution in [2.75, 3.05) is 0 Å². The predicted octanol–water partition coefficient (Wildman–Crippen LogP) is 3.86. The molecule has 0 spiro atoms. The van der Waals surface area contributed by atoms with Crippen molar-refractivity contribution < 1.29 is 14.8 Å². The summed E-state index contributed by atoms with van der Waals surface area (Å²) >= 11 is 12.6. The summed E-state index contributed by atoms with van der Waals surface area (Å²) in [5.41, 5.74) is -0.174. The van der Waals surface area contributed by atoms with Gasteiger partial charge < -0.3 is 5.11 Å². The summed E-state index contributed by atoms with van der Waals surface area (Å²) in [7, 11) is 0. The van der Waals surface area contributed by atoms with Gasteiger partial charge in [0.25, 0.3) is 5.69 Å². The van der Waals surface area contributed by atoms with Gasteiger partial charge >= 0.3 is 5.97 Å². The van der Waals surface area contributed by atoms with Gasteiger partial charge in [-0.2, -0.15) is 0 Å². The Hall–Kier alpha value is -0.980. The Bertz CT molecular complexity index is 495. The number of nitrogens with zero attached hydrogens (tertiary/aromatic N) is 1. The number of thioether (sulfide) groups is 1. The zero-order chi connectivity index (χ0) is 13.9. The second-order valence-corrected chi connectivity index (χ2v) is 5.81. The maximum atomic E-state index is 10.9. The van der Waals surface area contributed by atoms with Crippen molar-refractivity contribution in [3.63, 3.8) is 0 Å². The van der Waals surface area contributed by atoms with Gasteiger partial charge in [0.2, 0.25) is 0 Å². The molecule has 1 aromatic rings. The number of nitro benzene ring substituents is 1. The maximum Gasteiger partial charge on any atom is 0.304 e. The molecule has 0 saturated carbocycles. The lowest BCUT2D eigenvalue weighted by atomic mass is 10.3. The molecule has 0 radical (unpaired) electrons. The van der Waals surface area contributed by atoms with Crippen LogP contribution in [0, 0.1) is 10.1 Å². The highest BCUT2D eigenvalue weighted by Gasteiger charge is 2.20. The Labute approximate surface area is 117 Å². The first-order chi connectivity index (χ1) is 8.31. The molecule has 0 heterocycles. The molecule has 18 heavy (non-hydrogen) atoms. The highest BCUT2D eigenvalue weighted by molar-refractivity contribution is 8.00. The molecule has 98 valence electrons. The van der Waals surface area contributed by atoms with Gasteiger partial charge in [0, 0.05) is 11.3 Å². The van der Waals surface area contributed by atoms with Crippen molar-refractivity contribution >= 4 is 46.6 Å².